The Bertz CT molecular complexity index is 567. The van der Waals surface area contributed by atoms with Crippen LogP contribution in [0.15, 0.2) is 66.2 Å². The fourth-order valence-corrected chi connectivity index (χ4v) is 1.77. The van der Waals surface area contributed by atoms with Crippen LogP contribution in [0.3, 0.4) is 0 Å². The summed E-state index contributed by atoms with van der Waals surface area (Å²) >= 11 is 0. The van der Waals surface area contributed by atoms with Crippen molar-refractivity contribution in [2.75, 3.05) is 6.61 Å². The highest BCUT2D eigenvalue weighted by Crippen LogP contribution is 2.15. The van der Waals surface area contributed by atoms with Gasteiger partial charge < -0.3 is 4.74 Å². The van der Waals surface area contributed by atoms with Gasteiger partial charge in [-0.1, -0.05) is 31.7 Å². The Morgan fingerprint density at radius 3 is 2.35 bits per heavy atom. The Morgan fingerprint density at radius 1 is 1.05 bits per heavy atom. The molecule has 2 nitrogen and oxygen atoms in total. The zero-order valence-corrected chi connectivity index (χ0v) is 11.8. The molecule has 0 amide bonds. The summed E-state index contributed by atoms with van der Waals surface area (Å²) in [5.41, 5.74) is 3.34. The monoisotopic (exact) mass is 265 g/mol. The maximum atomic E-state index is 5.44. The van der Waals surface area contributed by atoms with E-state index in [9.17, 15) is 0 Å². The van der Waals surface area contributed by atoms with Gasteiger partial charge in [0.05, 0.1) is 5.69 Å². The molecule has 0 bridgehead atoms. The molecule has 0 aromatic heterocycles. The minimum atomic E-state index is 0.525. The summed E-state index contributed by atoms with van der Waals surface area (Å²) in [7, 11) is 0. The lowest BCUT2D eigenvalue weighted by atomic mass is 10.1. The Labute approximate surface area is 120 Å². The van der Waals surface area contributed by atoms with Crippen molar-refractivity contribution in [3.63, 3.8) is 0 Å². The van der Waals surface area contributed by atoms with Crippen molar-refractivity contribution in [1.82, 2.24) is 0 Å². The second-order valence-corrected chi connectivity index (χ2v) is 4.45. The minimum Gasteiger partial charge on any atom is -0.490 e. The van der Waals surface area contributed by atoms with Gasteiger partial charge in [0.15, 0.2) is 0 Å². The van der Waals surface area contributed by atoms with E-state index in [-0.39, 0.29) is 0 Å². The van der Waals surface area contributed by atoms with Crippen LogP contribution in [0, 0.1) is 0 Å². The van der Waals surface area contributed by atoms with E-state index in [1.807, 2.05) is 42.6 Å². The second kappa shape index (κ2) is 7.29. The van der Waals surface area contributed by atoms with E-state index in [1.165, 1.54) is 5.56 Å². The van der Waals surface area contributed by atoms with E-state index in [1.54, 1.807) is 6.08 Å². The molecule has 0 saturated heterocycles. The molecule has 2 aromatic rings. The lowest BCUT2D eigenvalue weighted by Gasteiger charge is -2.02. The van der Waals surface area contributed by atoms with Gasteiger partial charge in [0.25, 0.3) is 0 Å². The first-order chi connectivity index (χ1) is 9.81. The van der Waals surface area contributed by atoms with Crippen LogP contribution in [0.25, 0.3) is 0 Å². The molecule has 0 aliphatic rings. The second-order valence-electron chi connectivity index (χ2n) is 4.45. The van der Waals surface area contributed by atoms with Gasteiger partial charge in [0, 0.05) is 6.21 Å². The third-order valence-corrected chi connectivity index (χ3v) is 2.96. The lowest BCUT2D eigenvalue weighted by molar-refractivity contribution is 0.363. The van der Waals surface area contributed by atoms with E-state index in [0.717, 1.165) is 23.4 Å². The van der Waals surface area contributed by atoms with Gasteiger partial charge in [-0.2, -0.15) is 0 Å². The topological polar surface area (TPSA) is 21.6 Å². The number of hydrogen-bond donors (Lipinski definition) is 0. The summed E-state index contributed by atoms with van der Waals surface area (Å²) < 4.78 is 5.44. The SMILES string of the molecule is C=CCOc1ccc(C=Nc2ccc(CC)cc2)cc1. The smallest absolute Gasteiger partial charge is 0.119 e. The number of nitrogens with zero attached hydrogens (tertiary/aromatic N) is 1. The highest BCUT2D eigenvalue weighted by molar-refractivity contribution is 5.82. The Hall–Kier alpha value is -2.35. The Morgan fingerprint density at radius 2 is 1.75 bits per heavy atom. The molecular weight excluding hydrogens is 246 g/mol. The van der Waals surface area contributed by atoms with E-state index in [2.05, 4.69) is 30.6 Å². The van der Waals surface area contributed by atoms with Crippen molar-refractivity contribution < 1.29 is 4.74 Å². The standard InChI is InChI=1S/C18H19NO/c1-3-13-20-18-11-7-16(8-12-18)14-19-17-9-5-15(4-2)6-10-17/h3,5-12,14H,1,4,13H2,2H3. The van der Waals surface area contributed by atoms with E-state index >= 15 is 0 Å². The van der Waals surface area contributed by atoms with Crippen molar-refractivity contribution in [2.45, 2.75) is 13.3 Å². The molecule has 0 heterocycles. The average molecular weight is 265 g/mol. The number of hydrogen-bond acceptors (Lipinski definition) is 2. The summed E-state index contributed by atoms with van der Waals surface area (Å²) in [5.74, 6) is 0.842. The van der Waals surface area contributed by atoms with Crippen molar-refractivity contribution in [3.8, 4) is 5.75 Å². The molecule has 0 spiro atoms. The summed E-state index contributed by atoms with van der Waals surface area (Å²) in [6, 6.07) is 16.1. The van der Waals surface area contributed by atoms with Crippen LogP contribution in [0.1, 0.15) is 18.1 Å². The first kappa shape index (κ1) is 14.1. The Kier molecular flexibility index (Phi) is 5.13. The van der Waals surface area contributed by atoms with Gasteiger partial charge in [-0.3, -0.25) is 4.99 Å². The highest BCUT2D eigenvalue weighted by atomic mass is 16.5. The molecule has 20 heavy (non-hydrogen) atoms. The fraction of sp³-hybridized carbons (Fsp3) is 0.167. The molecule has 0 N–H and O–H groups in total. The molecule has 0 radical (unpaired) electrons. The zero-order chi connectivity index (χ0) is 14.2. The van der Waals surface area contributed by atoms with Gasteiger partial charge in [-0.05, 0) is 53.9 Å². The van der Waals surface area contributed by atoms with Crippen LogP contribution >= 0.6 is 0 Å². The average Bonchev–Trinajstić information content (AvgIpc) is 2.52. The summed E-state index contributed by atoms with van der Waals surface area (Å²) in [5, 5.41) is 0. The number of aryl methyl sites for hydroxylation is 1. The number of ether oxygens (including phenoxy) is 1. The van der Waals surface area contributed by atoms with Crippen LogP contribution in [0.5, 0.6) is 5.75 Å². The number of rotatable bonds is 6. The Balaban J connectivity index is 2.01. The summed E-state index contributed by atoms with van der Waals surface area (Å²) in [6.45, 7) is 6.29. The van der Waals surface area contributed by atoms with Crippen molar-refractivity contribution in [2.24, 2.45) is 4.99 Å². The molecule has 0 aliphatic carbocycles. The zero-order valence-electron chi connectivity index (χ0n) is 11.8. The van der Waals surface area contributed by atoms with Gasteiger partial charge in [0.2, 0.25) is 0 Å². The maximum Gasteiger partial charge on any atom is 0.119 e. The third kappa shape index (κ3) is 4.09. The molecule has 2 heteroatoms. The first-order valence-corrected chi connectivity index (χ1v) is 6.78. The van der Waals surface area contributed by atoms with Crippen LogP contribution in [-0.4, -0.2) is 12.8 Å². The summed E-state index contributed by atoms with van der Waals surface area (Å²) in [6.07, 6.45) is 4.64. The van der Waals surface area contributed by atoms with Crippen LogP contribution in [-0.2, 0) is 6.42 Å². The van der Waals surface area contributed by atoms with Gasteiger partial charge in [0.1, 0.15) is 12.4 Å². The van der Waals surface area contributed by atoms with E-state index in [0.29, 0.717) is 6.61 Å². The quantitative estimate of drug-likeness (QED) is 0.554. The first-order valence-electron chi connectivity index (χ1n) is 6.78. The van der Waals surface area contributed by atoms with Gasteiger partial charge in [-0.25, -0.2) is 0 Å². The molecule has 0 saturated carbocycles. The van der Waals surface area contributed by atoms with Gasteiger partial charge >= 0.3 is 0 Å². The third-order valence-electron chi connectivity index (χ3n) is 2.96. The van der Waals surface area contributed by atoms with Crippen LogP contribution in [0.2, 0.25) is 0 Å². The predicted octanol–water partition coefficient (Wildman–Crippen LogP) is 4.56. The summed E-state index contributed by atoms with van der Waals surface area (Å²) in [4.78, 5) is 4.46. The van der Waals surface area contributed by atoms with Crippen molar-refractivity contribution in [1.29, 1.82) is 0 Å². The van der Waals surface area contributed by atoms with Crippen molar-refractivity contribution in [3.05, 3.63) is 72.3 Å². The largest absolute Gasteiger partial charge is 0.490 e. The normalized spacial score (nSPS) is 10.7. The van der Waals surface area contributed by atoms with Crippen LogP contribution < -0.4 is 4.74 Å². The molecular formula is C18H19NO. The molecule has 0 fully saturated rings. The minimum absolute atomic E-state index is 0.525. The molecule has 102 valence electrons. The van der Waals surface area contributed by atoms with E-state index < -0.39 is 0 Å². The number of benzene rings is 2. The molecule has 2 aromatic carbocycles. The van der Waals surface area contributed by atoms with E-state index in [4.69, 9.17) is 4.74 Å². The van der Waals surface area contributed by atoms with Crippen molar-refractivity contribution >= 4 is 11.9 Å². The molecule has 0 aliphatic heterocycles. The fourth-order valence-electron chi connectivity index (χ4n) is 1.77. The lowest BCUT2D eigenvalue weighted by Crippen LogP contribution is -1.92. The molecule has 0 unspecified atom stereocenters. The molecule has 0 atom stereocenters. The van der Waals surface area contributed by atoms with Gasteiger partial charge in [-0.15, -0.1) is 0 Å². The molecule has 2 rings (SSSR count). The predicted molar refractivity (Wildman–Crippen MR) is 85.2 cm³/mol. The van der Waals surface area contributed by atoms with Crippen LogP contribution in [0.4, 0.5) is 5.69 Å². The maximum absolute atomic E-state index is 5.44. The highest BCUT2D eigenvalue weighted by Gasteiger charge is 1.93. The number of aliphatic imine (C=N–C) groups is 1.